The minimum Gasteiger partial charge on any atom is -0.457 e. The average molecular weight is 247 g/mol. The van der Waals surface area contributed by atoms with Gasteiger partial charge in [0.25, 0.3) is 0 Å². The van der Waals surface area contributed by atoms with Crippen LogP contribution in [-0.4, -0.2) is 35.9 Å². The van der Waals surface area contributed by atoms with E-state index < -0.39 is 29.3 Å². The number of carbonyl (C=O) groups is 2. The Kier molecular flexibility index (Phi) is 3.76. The van der Waals surface area contributed by atoms with Crippen molar-refractivity contribution >= 4 is 11.9 Å². The number of carbonyl (C=O) groups excluding carboxylic acids is 2. The number of hydrogen-bond donors (Lipinski definition) is 1. The molecule has 0 atom stereocenters. The maximum atomic E-state index is 12.9. The third-order valence-electron chi connectivity index (χ3n) is 2.35. The summed E-state index contributed by atoms with van der Waals surface area (Å²) in [6.45, 7) is 4.72. The van der Waals surface area contributed by atoms with Gasteiger partial charge in [0.15, 0.2) is 0 Å². The van der Waals surface area contributed by atoms with Crippen molar-refractivity contribution in [2.75, 3.05) is 6.54 Å². The van der Waals surface area contributed by atoms with Crippen molar-refractivity contribution in [2.24, 2.45) is 5.73 Å². The van der Waals surface area contributed by atoms with E-state index in [1.807, 2.05) is 0 Å². The minimum atomic E-state index is -1.48. The highest BCUT2D eigenvalue weighted by Crippen LogP contribution is 2.40. The first-order valence-corrected chi connectivity index (χ1v) is 5.48. The van der Waals surface area contributed by atoms with Crippen molar-refractivity contribution in [1.29, 1.82) is 0 Å². The van der Waals surface area contributed by atoms with E-state index in [0.29, 0.717) is 0 Å². The van der Waals surface area contributed by atoms with Crippen molar-refractivity contribution in [3.05, 3.63) is 0 Å². The monoisotopic (exact) mass is 247 g/mol. The summed E-state index contributed by atoms with van der Waals surface area (Å²) in [5.41, 5.74) is 2.91. The third kappa shape index (κ3) is 3.39. The highest BCUT2D eigenvalue weighted by molar-refractivity contribution is 5.85. The highest BCUT2D eigenvalue weighted by atomic mass is 19.1. The van der Waals surface area contributed by atoms with Crippen LogP contribution in [0.1, 0.15) is 33.6 Å². The molecule has 0 aromatic heterocycles. The zero-order chi connectivity index (χ0) is 13.3. The topological polar surface area (TPSA) is 78.6 Å². The molecule has 1 rings (SSSR count). The summed E-state index contributed by atoms with van der Waals surface area (Å²) < 4.78 is 23.0. The van der Waals surface area contributed by atoms with E-state index in [4.69, 9.17) is 15.2 Å². The Hall–Kier alpha value is -1.17. The number of nitrogens with two attached hydrogens (primary N) is 1. The van der Waals surface area contributed by atoms with Gasteiger partial charge >= 0.3 is 11.9 Å². The summed E-state index contributed by atoms with van der Waals surface area (Å²) in [5, 5.41) is 0. The maximum Gasteiger partial charge on any atom is 0.351 e. The van der Waals surface area contributed by atoms with Gasteiger partial charge in [0.1, 0.15) is 11.8 Å². The normalized spacial score (nSPS) is 28.2. The maximum absolute atomic E-state index is 12.9. The molecule has 0 heterocycles. The average Bonchev–Trinajstić information content (AvgIpc) is 2.11. The molecule has 0 saturated heterocycles. The summed E-state index contributed by atoms with van der Waals surface area (Å²) in [6, 6.07) is 0. The van der Waals surface area contributed by atoms with Crippen LogP contribution in [0.15, 0.2) is 0 Å². The summed E-state index contributed by atoms with van der Waals surface area (Å²) >= 11 is 0. The van der Waals surface area contributed by atoms with Crippen LogP contribution < -0.4 is 5.73 Å². The van der Waals surface area contributed by atoms with Gasteiger partial charge in [-0.05, 0) is 20.8 Å². The predicted molar refractivity (Wildman–Crippen MR) is 57.9 cm³/mol. The van der Waals surface area contributed by atoms with E-state index in [2.05, 4.69) is 0 Å². The van der Waals surface area contributed by atoms with Crippen LogP contribution in [0.3, 0.4) is 0 Å². The molecule has 1 fully saturated rings. The van der Waals surface area contributed by atoms with Crippen molar-refractivity contribution in [3.63, 3.8) is 0 Å². The number of alkyl halides is 1. The fourth-order valence-corrected chi connectivity index (χ4v) is 1.58. The summed E-state index contributed by atoms with van der Waals surface area (Å²) in [5.74, 6) is -1.44. The van der Waals surface area contributed by atoms with Gasteiger partial charge < -0.3 is 15.2 Å². The van der Waals surface area contributed by atoms with E-state index in [-0.39, 0.29) is 19.4 Å². The van der Waals surface area contributed by atoms with Crippen LogP contribution >= 0.6 is 0 Å². The molecule has 17 heavy (non-hydrogen) atoms. The standard InChI is InChI=1S/C11H18FNO4/c1-10(2,3)17-9(15)11(4-7(12)5-11)16-8(14)6-13/h7H,4-6,13H2,1-3H3. The molecule has 0 amide bonds. The number of rotatable bonds is 3. The molecule has 1 aliphatic rings. The summed E-state index contributed by atoms with van der Waals surface area (Å²) in [6.07, 6.45) is -1.46. The minimum absolute atomic E-state index is 0.159. The largest absolute Gasteiger partial charge is 0.457 e. The lowest BCUT2D eigenvalue weighted by molar-refractivity contribution is -0.207. The Morgan fingerprint density at radius 3 is 2.29 bits per heavy atom. The van der Waals surface area contributed by atoms with Crippen LogP contribution in [-0.2, 0) is 19.1 Å². The zero-order valence-electron chi connectivity index (χ0n) is 10.3. The fraction of sp³-hybridized carbons (Fsp3) is 0.818. The Morgan fingerprint density at radius 2 is 1.94 bits per heavy atom. The second-order valence-corrected chi connectivity index (χ2v) is 5.18. The molecular formula is C11H18FNO4. The fourth-order valence-electron chi connectivity index (χ4n) is 1.58. The van der Waals surface area contributed by atoms with E-state index in [0.717, 1.165) is 0 Å². The van der Waals surface area contributed by atoms with E-state index in [1.165, 1.54) is 0 Å². The zero-order valence-corrected chi connectivity index (χ0v) is 10.3. The molecule has 0 bridgehead atoms. The lowest BCUT2D eigenvalue weighted by Gasteiger charge is -2.41. The molecule has 1 aliphatic carbocycles. The van der Waals surface area contributed by atoms with Gasteiger partial charge in [-0.2, -0.15) is 0 Å². The van der Waals surface area contributed by atoms with Crippen LogP contribution in [0.5, 0.6) is 0 Å². The van der Waals surface area contributed by atoms with E-state index in [1.54, 1.807) is 20.8 Å². The molecular weight excluding hydrogens is 229 g/mol. The van der Waals surface area contributed by atoms with Gasteiger partial charge in [0, 0.05) is 12.8 Å². The number of ether oxygens (including phenoxy) is 2. The van der Waals surface area contributed by atoms with Crippen molar-refractivity contribution in [3.8, 4) is 0 Å². The van der Waals surface area contributed by atoms with Crippen molar-refractivity contribution in [2.45, 2.75) is 51.0 Å². The van der Waals surface area contributed by atoms with Crippen LogP contribution in [0, 0.1) is 0 Å². The van der Waals surface area contributed by atoms with Crippen LogP contribution in [0.2, 0.25) is 0 Å². The molecule has 0 unspecified atom stereocenters. The second-order valence-electron chi connectivity index (χ2n) is 5.18. The lowest BCUT2D eigenvalue weighted by Crippen LogP contribution is -2.57. The van der Waals surface area contributed by atoms with Gasteiger partial charge in [-0.3, -0.25) is 4.79 Å². The van der Waals surface area contributed by atoms with Crippen LogP contribution in [0.25, 0.3) is 0 Å². The lowest BCUT2D eigenvalue weighted by atomic mass is 9.78. The molecule has 0 spiro atoms. The SMILES string of the molecule is CC(C)(C)OC(=O)C1(OC(=O)CN)CC(F)C1. The Bertz CT molecular complexity index is 318. The Labute approximate surface area is 99.4 Å². The quantitative estimate of drug-likeness (QED) is 0.743. The smallest absolute Gasteiger partial charge is 0.351 e. The molecule has 1 saturated carbocycles. The molecule has 0 aromatic rings. The molecule has 0 aromatic carbocycles. The first kappa shape index (κ1) is 13.9. The highest BCUT2D eigenvalue weighted by Gasteiger charge is 2.56. The molecule has 0 radical (unpaired) electrons. The predicted octanol–water partition coefficient (Wildman–Crippen LogP) is 0.701. The van der Waals surface area contributed by atoms with Gasteiger partial charge in [0.05, 0.1) is 6.54 Å². The van der Waals surface area contributed by atoms with E-state index in [9.17, 15) is 14.0 Å². The Morgan fingerprint density at radius 1 is 1.41 bits per heavy atom. The first-order chi connectivity index (χ1) is 7.68. The number of halogens is 1. The molecule has 2 N–H and O–H groups in total. The molecule has 6 heteroatoms. The van der Waals surface area contributed by atoms with Crippen molar-refractivity contribution in [1.82, 2.24) is 0 Å². The first-order valence-electron chi connectivity index (χ1n) is 5.48. The summed E-state index contributed by atoms with van der Waals surface area (Å²) in [7, 11) is 0. The van der Waals surface area contributed by atoms with Gasteiger partial charge in [-0.15, -0.1) is 0 Å². The molecule has 5 nitrogen and oxygen atoms in total. The second kappa shape index (κ2) is 4.60. The number of esters is 2. The third-order valence-corrected chi connectivity index (χ3v) is 2.35. The van der Waals surface area contributed by atoms with Gasteiger partial charge in [-0.25, -0.2) is 9.18 Å². The molecule has 0 aliphatic heterocycles. The Balaban J connectivity index is 2.72. The van der Waals surface area contributed by atoms with Crippen LogP contribution in [0.4, 0.5) is 4.39 Å². The van der Waals surface area contributed by atoms with Gasteiger partial charge in [0.2, 0.25) is 5.60 Å². The van der Waals surface area contributed by atoms with E-state index >= 15 is 0 Å². The summed E-state index contributed by atoms with van der Waals surface area (Å²) in [4.78, 5) is 23.0. The number of hydrogen-bond acceptors (Lipinski definition) is 5. The molecule has 98 valence electrons. The van der Waals surface area contributed by atoms with Gasteiger partial charge in [-0.1, -0.05) is 0 Å². The van der Waals surface area contributed by atoms with Crippen molar-refractivity contribution < 1.29 is 23.5 Å².